The number of hydrogen-bond acceptors (Lipinski definition) is 2. The highest BCUT2D eigenvalue weighted by Crippen LogP contribution is 2.31. The Morgan fingerprint density at radius 3 is 2.64 bits per heavy atom. The molecule has 0 fully saturated rings. The van der Waals surface area contributed by atoms with Crippen LogP contribution in [0, 0.1) is 0 Å². The maximum Gasteiger partial charge on any atom is 0.228 e. The van der Waals surface area contributed by atoms with Crippen LogP contribution in [0.4, 0.5) is 5.69 Å². The minimum absolute atomic E-state index is 0.0271. The minimum Gasteiger partial charge on any atom is -0.464 e. The van der Waals surface area contributed by atoms with Gasteiger partial charge in [-0.1, -0.05) is 56.1 Å². The lowest BCUT2D eigenvalue weighted by Gasteiger charge is -2.18. The molecule has 0 aliphatic carbocycles. The number of benzene rings is 2. The molecule has 1 N–H and O–H groups in total. The molecule has 25 heavy (non-hydrogen) atoms. The van der Waals surface area contributed by atoms with Gasteiger partial charge in [0, 0.05) is 10.9 Å². The number of rotatable bonds is 3. The highest BCUT2D eigenvalue weighted by Gasteiger charge is 2.17. The van der Waals surface area contributed by atoms with Crippen LogP contribution in [0.5, 0.6) is 0 Å². The molecule has 1 aromatic heterocycles. The minimum atomic E-state index is -0.173. The summed E-state index contributed by atoms with van der Waals surface area (Å²) in [5.74, 6) is -0.173. The van der Waals surface area contributed by atoms with Crippen molar-refractivity contribution in [2.75, 3.05) is 5.32 Å². The van der Waals surface area contributed by atoms with Gasteiger partial charge < -0.3 is 9.73 Å². The van der Waals surface area contributed by atoms with E-state index in [-0.39, 0.29) is 17.7 Å². The maximum absolute atomic E-state index is 12.4. The monoisotopic (exact) mass is 375 g/mol. The molecule has 3 rings (SSSR count). The molecule has 3 aromatic rings. The van der Waals surface area contributed by atoms with Gasteiger partial charge in [-0.15, -0.1) is 0 Å². The number of nitrogens with one attached hydrogen (secondary N) is 1. The smallest absolute Gasteiger partial charge is 0.228 e. The number of fused-ring (bicyclic) bond motifs is 1. The van der Waals surface area contributed by atoms with Crippen molar-refractivity contribution in [3.63, 3.8) is 0 Å². The molecule has 0 saturated carbocycles. The quantitative estimate of drug-likeness (QED) is 0.590. The summed E-state index contributed by atoms with van der Waals surface area (Å²) in [6.07, 6.45) is 1.83. The summed E-state index contributed by atoms with van der Waals surface area (Å²) in [6, 6.07) is 11.2. The second-order valence-corrected chi connectivity index (χ2v) is 7.83. The molecule has 0 atom stereocenters. The van der Waals surface area contributed by atoms with Crippen LogP contribution in [0.1, 0.15) is 31.9 Å². The third-order valence-corrected chi connectivity index (χ3v) is 4.92. The molecule has 0 unspecified atom stereocenters. The van der Waals surface area contributed by atoms with Crippen LogP contribution in [0.2, 0.25) is 10.0 Å². The Morgan fingerprint density at radius 1 is 1.16 bits per heavy atom. The Labute approximate surface area is 156 Å². The summed E-state index contributed by atoms with van der Waals surface area (Å²) in [4.78, 5) is 12.4. The first-order valence-electron chi connectivity index (χ1n) is 8.00. The van der Waals surface area contributed by atoms with Crippen LogP contribution in [0.25, 0.3) is 11.0 Å². The average Bonchev–Trinajstić information content (AvgIpc) is 2.93. The van der Waals surface area contributed by atoms with Gasteiger partial charge in [0.05, 0.1) is 28.4 Å². The van der Waals surface area contributed by atoms with E-state index >= 15 is 0 Å². The largest absolute Gasteiger partial charge is 0.464 e. The van der Waals surface area contributed by atoms with Gasteiger partial charge in [0.1, 0.15) is 5.58 Å². The Morgan fingerprint density at radius 2 is 1.92 bits per heavy atom. The maximum atomic E-state index is 12.4. The number of carbonyl (C=O) groups excluding carboxylic acids is 1. The van der Waals surface area contributed by atoms with Gasteiger partial charge in [-0.25, -0.2) is 0 Å². The van der Waals surface area contributed by atoms with Crippen molar-refractivity contribution in [3.05, 3.63) is 63.8 Å². The van der Waals surface area contributed by atoms with Gasteiger partial charge in [0.2, 0.25) is 5.91 Å². The molecule has 2 aromatic carbocycles. The lowest BCUT2D eigenvalue weighted by atomic mass is 9.86. The Hall–Kier alpha value is -1.97. The fourth-order valence-corrected chi connectivity index (χ4v) is 3.00. The first-order valence-corrected chi connectivity index (χ1v) is 8.76. The second kappa shape index (κ2) is 6.74. The predicted octanol–water partition coefficient (Wildman–Crippen LogP) is 6.22. The zero-order valence-corrected chi connectivity index (χ0v) is 15.8. The van der Waals surface area contributed by atoms with Crippen LogP contribution in [0.3, 0.4) is 0 Å². The summed E-state index contributed by atoms with van der Waals surface area (Å²) < 4.78 is 5.58. The van der Waals surface area contributed by atoms with E-state index in [2.05, 4.69) is 38.2 Å². The molecule has 5 heteroatoms. The lowest BCUT2D eigenvalue weighted by Crippen LogP contribution is -2.14. The Bertz CT molecular complexity index is 939. The van der Waals surface area contributed by atoms with Crippen LogP contribution < -0.4 is 5.32 Å². The number of anilines is 1. The van der Waals surface area contributed by atoms with Crippen molar-refractivity contribution in [1.29, 1.82) is 0 Å². The van der Waals surface area contributed by atoms with E-state index in [9.17, 15) is 4.79 Å². The van der Waals surface area contributed by atoms with Crippen molar-refractivity contribution in [2.45, 2.75) is 32.6 Å². The first-order chi connectivity index (χ1) is 11.8. The summed E-state index contributed by atoms with van der Waals surface area (Å²) >= 11 is 12.1. The van der Waals surface area contributed by atoms with Gasteiger partial charge in [-0.3, -0.25) is 4.79 Å². The zero-order chi connectivity index (χ0) is 18.2. The Balaban J connectivity index is 1.85. The second-order valence-electron chi connectivity index (χ2n) is 7.05. The van der Waals surface area contributed by atoms with E-state index in [1.807, 2.05) is 6.07 Å². The molecule has 1 amide bonds. The molecule has 130 valence electrons. The van der Waals surface area contributed by atoms with Crippen LogP contribution in [-0.4, -0.2) is 5.91 Å². The third kappa shape index (κ3) is 3.83. The molecule has 0 aliphatic heterocycles. The third-order valence-electron chi connectivity index (χ3n) is 4.10. The van der Waals surface area contributed by atoms with Crippen molar-refractivity contribution >= 4 is 45.8 Å². The van der Waals surface area contributed by atoms with E-state index in [1.165, 1.54) is 5.56 Å². The zero-order valence-electron chi connectivity index (χ0n) is 14.3. The van der Waals surface area contributed by atoms with Gasteiger partial charge in [-0.05, 0) is 35.2 Å². The average molecular weight is 376 g/mol. The fourth-order valence-electron chi connectivity index (χ4n) is 2.65. The molecule has 0 saturated heterocycles. The van der Waals surface area contributed by atoms with E-state index in [1.54, 1.807) is 24.5 Å². The molecule has 0 radical (unpaired) electrons. The summed E-state index contributed by atoms with van der Waals surface area (Å²) in [5, 5.41) is 4.50. The van der Waals surface area contributed by atoms with Crippen molar-refractivity contribution < 1.29 is 9.21 Å². The summed E-state index contributed by atoms with van der Waals surface area (Å²) in [7, 11) is 0. The molecule has 0 bridgehead atoms. The summed E-state index contributed by atoms with van der Waals surface area (Å²) in [6.45, 7) is 6.46. The lowest BCUT2D eigenvalue weighted by molar-refractivity contribution is -0.115. The first kappa shape index (κ1) is 17.8. The van der Waals surface area contributed by atoms with Gasteiger partial charge >= 0.3 is 0 Å². The van der Waals surface area contributed by atoms with Gasteiger partial charge in [-0.2, -0.15) is 0 Å². The topological polar surface area (TPSA) is 42.2 Å². The van der Waals surface area contributed by atoms with Crippen molar-refractivity contribution in [3.8, 4) is 0 Å². The van der Waals surface area contributed by atoms with E-state index in [0.717, 1.165) is 16.5 Å². The number of furan rings is 1. The molecular formula is C20H19Cl2NO2. The molecular weight excluding hydrogens is 357 g/mol. The summed E-state index contributed by atoms with van der Waals surface area (Å²) in [5.41, 5.74) is 3.34. The molecule has 3 nitrogen and oxygen atoms in total. The predicted molar refractivity (Wildman–Crippen MR) is 104 cm³/mol. The van der Waals surface area contributed by atoms with Crippen molar-refractivity contribution in [1.82, 2.24) is 0 Å². The highest BCUT2D eigenvalue weighted by molar-refractivity contribution is 6.44. The molecule has 1 heterocycles. The van der Waals surface area contributed by atoms with Crippen LogP contribution >= 0.6 is 23.2 Å². The molecule has 0 aliphatic rings. The number of carbonyl (C=O) groups is 1. The van der Waals surface area contributed by atoms with Gasteiger partial charge in [0.15, 0.2) is 0 Å². The van der Waals surface area contributed by atoms with Crippen LogP contribution in [-0.2, 0) is 16.6 Å². The Kier molecular flexibility index (Phi) is 4.81. The van der Waals surface area contributed by atoms with Gasteiger partial charge in [0.25, 0.3) is 0 Å². The normalized spacial score (nSPS) is 11.7. The van der Waals surface area contributed by atoms with E-state index in [0.29, 0.717) is 15.7 Å². The van der Waals surface area contributed by atoms with Crippen molar-refractivity contribution in [2.24, 2.45) is 0 Å². The number of halogens is 2. The molecule has 0 spiro atoms. The van der Waals surface area contributed by atoms with E-state index in [4.69, 9.17) is 27.6 Å². The fraction of sp³-hybridized carbons (Fsp3) is 0.250. The number of hydrogen-bond donors (Lipinski definition) is 1. The number of amides is 1. The standard InChI is InChI=1S/C20H19Cl2NO2/c1-20(2,3)13-7-8-17-14(10-13)12(11-25-17)9-18(24)23-16-6-4-5-15(21)19(16)22/h4-8,10-11H,9H2,1-3H3,(H,23,24). The van der Waals surface area contributed by atoms with E-state index < -0.39 is 0 Å². The van der Waals surface area contributed by atoms with Crippen LogP contribution in [0.15, 0.2) is 47.1 Å². The highest BCUT2D eigenvalue weighted by atomic mass is 35.5. The SMILES string of the molecule is CC(C)(C)c1ccc2occ(CC(=O)Nc3cccc(Cl)c3Cl)c2c1.